The van der Waals surface area contributed by atoms with Crippen molar-refractivity contribution in [2.45, 2.75) is 60.2 Å². The van der Waals surface area contributed by atoms with Gasteiger partial charge in [0.15, 0.2) is 23.3 Å². The Morgan fingerprint density at radius 3 is 0.974 bits per heavy atom. The third kappa shape index (κ3) is 4.60. The van der Waals surface area contributed by atoms with Gasteiger partial charge in [0.1, 0.15) is 0 Å². The van der Waals surface area contributed by atoms with E-state index in [0.29, 0.717) is 0 Å². The van der Waals surface area contributed by atoms with Crippen LogP contribution in [0.4, 0.5) is 96.6 Å². The van der Waals surface area contributed by atoms with Gasteiger partial charge in [-0.25, -0.2) is 22.0 Å². The van der Waals surface area contributed by atoms with Crippen LogP contribution in [0.1, 0.15) is 18.1 Å². The molecule has 39 heavy (non-hydrogen) atoms. The highest BCUT2D eigenvalue weighted by molar-refractivity contribution is 5.27. The van der Waals surface area contributed by atoms with Crippen molar-refractivity contribution >= 4 is 0 Å². The second-order valence-corrected chi connectivity index (χ2v) is 7.35. The molecule has 1 atom stereocenters. The van der Waals surface area contributed by atoms with Gasteiger partial charge in [0.25, 0.3) is 0 Å². The molecule has 0 aromatic heterocycles. The lowest BCUT2D eigenvalue weighted by Crippen LogP contribution is -2.74. The minimum atomic E-state index is -8.96. The van der Waals surface area contributed by atoms with Crippen LogP contribution in [0, 0.1) is 29.1 Å². The Kier molecular flexibility index (Phi) is 8.31. The molecule has 0 aliphatic rings. The van der Waals surface area contributed by atoms with Crippen LogP contribution in [0.3, 0.4) is 0 Å². The molecule has 0 fully saturated rings. The van der Waals surface area contributed by atoms with Crippen molar-refractivity contribution in [2.24, 2.45) is 0 Å². The number of halogens is 22. The van der Waals surface area contributed by atoms with Crippen LogP contribution < -0.4 is 0 Å². The van der Waals surface area contributed by atoms with Gasteiger partial charge in [-0.15, -0.1) is 0 Å². The Morgan fingerprint density at radius 2 is 0.667 bits per heavy atom. The van der Waals surface area contributed by atoms with E-state index in [2.05, 4.69) is 0 Å². The molecule has 228 valence electrons. The molecule has 0 saturated heterocycles. The smallest absolute Gasteiger partial charge is 0.388 e. The summed E-state index contributed by atoms with van der Waals surface area (Å²) in [6.45, 7) is 0. The van der Waals surface area contributed by atoms with Gasteiger partial charge in [0, 0.05) is 6.42 Å². The molecule has 0 amide bonds. The Hall–Kier alpha value is -2.36. The Labute approximate surface area is 198 Å². The van der Waals surface area contributed by atoms with E-state index in [-0.39, 0.29) is 0 Å². The van der Waals surface area contributed by atoms with Gasteiger partial charge in [-0.2, -0.15) is 74.6 Å². The van der Waals surface area contributed by atoms with Crippen molar-refractivity contribution in [3.63, 3.8) is 0 Å². The van der Waals surface area contributed by atoms with E-state index in [4.69, 9.17) is 0 Å². The van der Waals surface area contributed by atoms with E-state index < -0.39 is 94.8 Å². The summed E-state index contributed by atoms with van der Waals surface area (Å²) >= 11 is 0. The number of alkyl halides is 17. The number of hydrogen-bond acceptors (Lipinski definition) is 1. The molecule has 0 saturated carbocycles. The van der Waals surface area contributed by atoms with Crippen molar-refractivity contribution in [3.05, 3.63) is 34.6 Å². The zero-order valence-corrected chi connectivity index (χ0v) is 17.0. The van der Waals surface area contributed by atoms with Crippen LogP contribution in [0.15, 0.2) is 0 Å². The molecule has 0 spiro atoms. The van der Waals surface area contributed by atoms with E-state index >= 15 is 0 Å². The Balaban J connectivity index is 3.68. The first-order valence-electron chi connectivity index (χ1n) is 8.72. The molecule has 0 aliphatic carbocycles. The molecule has 0 radical (unpaired) electrons. The predicted molar refractivity (Wildman–Crippen MR) is 76.5 cm³/mol. The first kappa shape index (κ1) is 34.7. The molecule has 1 aromatic rings. The fraction of sp³-hybridized carbons (Fsp3) is 0.625. The summed E-state index contributed by atoms with van der Waals surface area (Å²) in [5, 5.41) is 9.20. The number of rotatable bonds is 9. The fourth-order valence-electron chi connectivity index (χ4n) is 2.58. The van der Waals surface area contributed by atoms with Gasteiger partial charge in [-0.3, -0.25) is 0 Å². The minimum Gasteiger partial charge on any atom is -0.388 e. The third-order valence-electron chi connectivity index (χ3n) is 4.81. The quantitative estimate of drug-likeness (QED) is 0.168. The van der Waals surface area contributed by atoms with Gasteiger partial charge >= 0.3 is 47.6 Å². The first-order valence-corrected chi connectivity index (χ1v) is 8.72. The molecular weight excluding hydrogens is 626 g/mol. The van der Waals surface area contributed by atoms with Gasteiger partial charge in [-0.05, 0) is 0 Å². The summed E-state index contributed by atoms with van der Waals surface area (Å²) in [7, 11) is 0. The van der Waals surface area contributed by atoms with Crippen molar-refractivity contribution in [1.29, 1.82) is 0 Å². The first-order chi connectivity index (χ1) is 16.8. The van der Waals surface area contributed by atoms with Crippen LogP contribution in [-0.2, 0) is 0 Å². The lowest BCUT2D eigenvalue weighted by atomic mass is 9.87. The summed E-state index contributed by atoms with van der Waals surface area (Å²) < 4.78 is 290. The highest BCUT2D eigenvalue weighted by atomic mass is 19.4. The molecule has 1 nitrogen and oxygen atoms in total. The number of hydrogen-bond donors (Lipinski definition) is 1. The lowest BCUT2D eigenvalue weighted by Gasteiger charge is -2.43. The van der Waals surface area contributed by atoms with E-state index in [0.717, 1.165) is 0 Å². The van der Waals surface area contributed by atoms with Gasteiger partial charge < -0.3 is 5.11 Å². The number of benzene rings is 1. The average molecular weight is 630 g/mol. The minimum absolute atomic E-state index is 2.92. The maximum Gasteiger partial charge on any atom is 0.460 e. The fourth-order valence-corrected chi connectivity index (χ4v) is 2.58. The van der Waals surface area contributed by atoms with Crippen LogP contribution >= 0.6 is 0 Å². The van der Waals surface area contributed by atoms with E-state index in [1.54, 1.807) is 0 Å². The predicted octanol–water partition coefficient (Wildman–Crippen LogP) is 7.82. The number of aliphatic hydroxyl groups is 1. The van der Waals surface area contributed by atoms with Crippen LogP contribution in [-0.4, -0.2) is 52.7 Å². The third-order valence-corrected chi connectivity index (χ3v) is 4.81. The molecule has 0 heterocycles. The van der Waals surface area contributed by atoms with Crippen molar-refractivity contribution in [2.75, 3.05) is 0 Å². The van der Waals surface area contributed by atoms with Crippen molar-refractivity contribution in [1.82, 2.24) is 0 Å². The van der Waals surface area contributed by atoms with Crippen LogP contribution in [0.5, 0.6) is 0 Å². The van der Waals surface area contributed by atoms with E-state index in [9.17, 15) is 102 Å². The zero-order valence-electron chi connectivity index (χ0n) is 17.0. The van der Waals surface area contributed by atoms with E-state index in [1.807, 2.05) is 0 Å². The van der Waals surface area contributed by atoms with E-state index in [1.165, 1.54) is 0 Å². The standard InChI is InChI=1S/C16H4F22O/c17-4-3(5(18)7(20)8(21)6(4)19)2(39)1-9(22,23)10(24,25)11(26,27)12(28,29)13(30,31)14(32,33)15(34,35)16(36,37)38/h2,39H,1H2. The second-order valence-electron chi connectivity index (χ2n) is 7.35. The van der Waals surface area contributed by atoms with Crippen LogP contribution in [0.25, 0.3) is 0 Å². The van der Waals surface area contributed by atoms with Gasteiger partial charge in [0.2, 0.25) is 5.82 Å². The molecule has 1 rings (SSSR count). The molecular formula is C16H4F22O. The topological polar surface area (TPSA) is 20.2 Å². The Bertz CT molecular complexity index is 1060. The summed E-state index contributed by atoms with van der Waals surface area (Å²) in [6.07, 6.45) is -16.1. The SMILES string of the molecule is OC(CC(F)(F)C(F)(F)C(F)(F)C(F)(F)C(F)(F)C(F)(F)C(F)(F)C(F)(F)F)c1c(F)c(F)c(F)c(F)c1F. The van der Waals surface area contributed by atoms with Gasteiger partial charge in [-0.1, -0.05) is 0 Å². The molecule has 1 unspecified atom stereocenters. The maximum absolute atomic E-state index is 13.8. The largest absolute Gasteiger partial charge is 0.460 e. The normalized spacial score (nSPS) is 16.1. The second kappa shape index (κ2) is 9.35. The summed E-state index contributed by atoms with van der Waals surface area (Å²) in [6, 6.07) is 0. The summed E-state index contributed by atoms with van der Waals surface area (Å²) in [4.78, 5) is 0. The monoisotopic (exact) mass is 630 g/mol. The average Bonchev–Trinajstić information content (AvgIpc) is 2.74. The van der Waals surface area contributed by atoms with Gasteiger partial charge in [0.05, 0.1) is 11.7 Å². The van der Waals surface area contributed by atoms with Crippen molar-refractivity contribution < 1.29 is 102 Å². The van der Waals surface area contributed by atoms with Crippen LogP contribution in [0.2, 0.25) is 0 Å². The summed E-state index contributed by atoms with van der Waals surface area (Å²) in [5.74, 6) is -75.4. The Morgan fingerprint density at radius 1 is 0.410 bits per heavy atom. The highest BCUT2D eigenvalue weighted by Crippen LogP contribution is 2.64. The zero-order chi connectivity index (χ0) is 31.7. The molecule has 1 N–H and O–H groups in total. The summed E-state index contributed by atoms with van der Waals surface area (Å²) in [5.41, 5.74) is -2.92. The molecule has 0 bridgehead atoms. The highest BCUT2D eigenvalue weighted by Gasteiger charge is 2.95. The number of aliphatic hydroxyl groups excluding tert-OH is 1. The molecule has 1 aromatic carbocycles. The van der Waals surface area contributed by atoms with Crippen molar-refractivity contribution in [3.8, 4) is 0 Å². The molecule has 23 heteroatoms. The maximum atomic E-state index is 13.8. The molecule has 0 aliphatic heterocycles. The lowest BCUT2D eigenvalue weighted by molar-refractivity contribution is -0.462.